The highest BCUT2D eigenvalue weighted by Crippen LogP contribution is 2.41. The standard InChI is InChI=1S/C60H43N/c1-5-14-44(15-6-1)47-24-26-49(27-25-47)50-32-37-56(38-33-50)61(58-23-13-22-54(42-58)51-30-28-48(29-31-51)45-16-7-2-8-17-45)57-39-34-53(35-40-57)60-43-55(46-18-9-3-10-19-46)36-41-59(60)52-20-11-4-12-21-52/h1-43H. The lowest BCUT2D eigenvalue weighted by molar-refractivity contribution is 1.28. The summed E-state index contributed by atoms with van der Waals surface area (Å²) in [7, 11) is 0. The molecule has 0 bridgehead atoms. The molecule has 0 amide bonds. The zero-order valence-corrected chi connectivity index (χ0v) is 33.8. The molecule has 0 heterocycles. The summed E-state index contributed by atoms with van der Waals surface area (Å²) in [4.78, 5) is 2.37. The maximum Gasteiger partial charge on any atom is 0.0467 e. The molecule has 288 valence electrons. The van der Waals surface area contributed by atoms with Crippen molar-refractivity contribution in [1.29, 1.82) is 0 Å². The summed E-state index contributed by atoms with van der Waals surface area (Å²) < 4.78 is 0. The van der Waals surface area contributed by atoms with Crippen molar-refractivity contribution in [1.82, 2.24) is 0 Å². The Kier molecular flexibility index (Phi) is 10.4. The topological polar surface area (TPSA) is 3.24 Å². The molecule has 0 aromatic heterocycles. The number of nitrogens with zero attached hydrogens (tertiary/aromatic N) is 1. The van der Waals surface area contributed by atoms with E-state index in [1.54, 1.807) is 0 Å². The lowest BCUT2D eigenvalue weighted by Crippen LogP contribution is -2.10. The quantitative estimate of drug-likeness (QED) is 0.134. The van der Waals surface area contributed by atoms with Gasteiger partial charge in [-0.1, -0.05) is 218 Å². The second kappa shape index (κ2) is 17.1. The van der Waals surface area contributed by atoms with Crippen molar-refractivity contribution < 1.29 is 0 Å². The summed E-state index contributed by atoms with van der Waals surface area (Å²) in [6.07, 6.45) is 0. The lowest BCUT2D eigenvalue weighted by atomic mass is 9.91. The van der Waals surface area contributed by atoms with Crippen molar-refractivity contribution in [3.05, 3.63) is 261 Å². The number of anilines is 3. The van der Waals surface area contributed by atoms with Crippen LogP contribution in [0.1, 0.15) is 0 Å². The zero-order valence-electron chi connectivity index (χ0n) is 33.8. The van der Waals surface area contributed by atoms with Crippen LogP contribution in [0.3, 0.4) is 0 Å². The Hall–Kier alpha value is -8.00. The van der Waals surface area contributed by atoms with E-state index < -0.39 is 0 Å². The molecule has 61 heavy (non-hydrogen) atoms. The van der Waals surface area contributed by atoms with Gasteiger partial charge >= 0.3 is 0 Å². The monoisotopic (exact) mass is 777 g/mol. The van der Waals surface area contributed by atoms with Crippen LogP contribution in [0.5, 0.6) is 0 Å². The molecule has 10 aromatic rings. The Bertz CT molecular complexity index is 2990. The van der Waals surface area contributed by atoms with Crippen molar-refractivity contribution in [2.45, 2.75) is 0 Å². The molecule has 0 atom stereocenters. The van der Waals surface area contributed by atoms with Crippen molar-refractivity contribution >= 4 is 17.1 Å². The third-order valence-electron chi connectivity index (χ3n) is 11.5. The van der Waals surface area contributed by atoms with E-state index in [1.165, 1.54) is 77.9 Å². The molecule has 1 heteroatoms. The minimum Gasteiger partial charge on any atom is -0.310 e. The zero-order chi connectivity index (χ0) is 40.8. The predicted molar refractivity (Wildman–Crippen MR) is 259 cm³/mol. The fraction of sp³-hybridized carbons (Fsp3) is 0. The van der Waals surface area contributed by atoms with Gasteiger partial charge < -0.3 is 4.90 Å². The van der Waals surface area contributed by atoms with E-state index in [4.69, 9.17) is 0 Å². The summed E-state index contributed by atoms with van der Waals surface area (Å²) in [6.45, 7) is 0. The molecule has 10 rings (SSSR count). The average Bonchev–Trinajstić information content (AvgIpc) is 3.36. The summed E-state index contributed by atoms with van der Waals surface area (Å²) in [5.41, 5.74) is 20.0. The first-order valence-electron chi connectivity index (χ1n) is 20.9. The van der Waals surface area contributed by atoms with Crippen LogP contribution in [-0.2, 0) is 0 Å². The Balaban J connectivity index is 1.03. The van der Waals surface area contributed by atoms with E-state index in [0.29, 0.717) is 0 Å². The molecule has 0 aliphatic heterocycles. The van der Waals surface area contributed by atoms with E-state index in [-0.39, 0.29) is 0 Å². The SMILES string of the molecule is c1ccc(-c2ccc(-c3ccc(N(c4ccc(-c5cc(-c6ccccc6)ccc5-c5ccccc5)cc4)c4cccc(-c5ccc(-c6ccccc6)cc5)c4)cc3)cc2)cc1. The van der Waals surface area contributed by atoms with Gasteiger partial charge in [-0.3, -0.25) is 0 Å². The Morgan fingerprint density at radius 2 is 0.459 bits per heavy atom. The summed E-state index contributed by atoms with van der Waals surface area (Å²) in [5.74, 6) is 0. The molecule has 0 radical (unpaired) electrons. The number of benzene rings is 10. The highest BCUT2D eigenvalue weighted by atomic mass is 15.1. The van der Waals surface area contributed by atoms with E-state index in [2.05, 4.69) is 266 Å². The third kappa shape index (κ3) is 8.06. The van der Waals surface area contributed by atoms with Crippen LogP contribution in [0, 0.1) is 0 Å². The van der Waals surface area contributed by atoms with Crippen LogP contribution < -0.4 is 4.90 Å². The third-order valence-corrected chi connectivity index (χ3v) is 11.5. The first-order valence-corrected chi connectivity index (χ1v) is 20.9. The molecule has 0 saturated heterocycles. The number of hydrogen-bond acceptors (Lipinski definition) is 1. The Morgan fingerprint density at radius 1 is 0.164 bits per heavy atom. The number of rotatable bonds is 10. The molecule has 0 fully saturated rings. The molecule has 0 N–H and O–H groups in total. The molecule has 0 aliphatic rings. The maximum absolute atomic E-state index is 2.37. The maximum atomic E-state index is 2.37. The van der Waals surface area contributed by atoms with E-state index in [0.717, 1.165) is 17.1 Å². The van der Waals surface area contributed by atoms with Crippen LogP contribution in [0.4, 0.5) is 17.1 Å². The molecule has 0 unspecified atom stereocenters. The fourth-order valence-electron chi connectivity index (χ4n) is 8.30. The molecular formula is C60H43N. The minimum absolute atomic E-state index is 1.08. The first-order chi connectivity index (χ1) is 30.2. The second-order valence-electron chi connectivity index (χ2n) is 15.4. The second-order valence-corrected chi connectivity index (χ2v) is 15.4. The molecule has 0 saturated carbocycles. The van der Waals surface area contributed by atoms with Crippen molar-refractivity contribution in [3.63, 3.8) is 0 Å². The summed E-state index contributed by atoms with van der Waals surface area (Å²) in [5, 5.41) is 0. The van der Waals surface area contributed by atoms with Gasteiger partial charge in [-0.25, -0.2) is 0 Å². The molecule has 0 aliphatic carbocycles. The van der Waals surface area contributed by atoms with Crippen LogP contribution in [0.2, 0.25) is 0 Å². The van der Waals surface area contributed by atoms with Crippen LogP contribution in [0.15, 0.2) is 261 Å². The van der Waals surface area contributed by atoms with Gasteiger partial charge in [0.05, 0.1) is 0 Å². The van der Waals surface area contributed by atoms with Crippen LogP contribution in [-0.4, -0.2) is 0 Å². The molecule has 1 nitrogen and oxygen atoms in total. The largest absolute Gasteiger partial charge is 0.310 e. The van der Waals surface area contributed by atoms with Gasteiger partial charge in [0, 0.05) is 17.1 Å². The van der Waals surface area contributed by atoms with Gasteiger partial charge in [0.15, 0.2) is 0 Å². The Morgan fingerprint density at radius 3 is 0.918 bits per heavy atom. The molecule has 0 spiro atoms. The molecule has 10 aromatic carbocycles. The highest BCUT2D eigenvalue weighted by molar-refractivity contribution is 5.89. The Labute approximate surface area is 359 Å². The van der Waals surface area contributed by atoms with Gasteiger partial charge in [-0.05, 0) is 120 Å². The van der Waals surface area contributed by atoms with Gasteiger partial charge in [0.25, 0.3) is 0 Å². The fourth-order valence-corrected chi connectivity index (χ4v) is 8.30. The summed E-state index contributed by atoms with van der Waals surface area (Å²) in [6, 6.07) is 93.9. The van der Waals surface area contributed by atoms with E-state index in [1.807, 2.05) is 0 Å². The van der Waals surface area contributed by atoms with Gasteiger partial charge in [0.2, 0.25) is 0 Å². The summed E-state index contributed by atoms with van der Waals surface area (Å²) >= 11 is 0. The van der Waals surface area contributed by atoms with Gasteiger partial charge in [-0.2, -0.15) is 0 Å². The average molecular weight is 778 g/mol. The minimum atomic E-state index is 1.08. The van der Waals surface area contributed by atoms with E-state index >= 15 is 0 Å². The normalized spacial score (nSPS) is 11.0. The highest BCUT2D eigenvalue weighted by Gasteiger charge is 2.16. The van der Waals surface area contributed by atoms with Crippen molar-refractivity contribution in [2.24, 2.45) is 0 Å². The smallest absolute Gasteiger partial charge is 0.0467 e. The van der Waals surface area contributed by atoms with Gasteiger partial charge in [0.1, 0.15) is 0 Å². The molecular weight excluding hydrogens is 735 g/mol. The van der Waals surface area contributed by atoms with E-state index in [9.17, 15) is 0 Å². The van der Waals surface area contributed by atoms with Crippen LogP contribution in [0.25, 0.3) is 77.9 Å². The van der Waals surface area contributed by atoms with Crippen LogP contribution >= 0.6 is 0 Å². The first kappa shape index (κ1) is 37.3. The number of hydrogen-bond donors (Lipinski definition) is 0. The lowest BCUT2D eigenvalue weighted by Gasteiger charge is -2.26. The van der Waals surface area contributed by atoms with Gasteiger partial charge in [-0.15, -0.1) is 0 Å². The van der Waals surface area contributed by atoms with Crippen molar-refractivity contribution in [3.8, 4) is 77.9 Å². The predicted octanol–water partition coefficient (Wildman–Crippen LogP) is 16.8. The van der Waals surface area contributed by atoms with Crippen molar-refractivity contribution in [2.75, 3.05) is 4.90 Å².